The highest BCUT2D eigenvalue weighted by Gasteiger charge is 2.18. The third-order valence-corrected chi connectivity index (χ3v) is 5.92. The van der Waals surface area contributed by atoms with Crippen molar-refractivity contribution in [2.24, 2.45) is 0 Å². The number of nitrogens with zero attached hydrogens (tertiary/aromatic N) is 1. The van der Waals surface area contributed by atoms with E-state index in [4.69, 9.17) is 4.74 Å². The van der Waals surface area contributed by atoms with Gasteiger partial charge in [-0.3, -0.25) is 10.0 Å². The number of phenols is 1. The van der Waals surface area contributed by atoms with Crippen LogP contribution in [0.4, 0.5) is 16.3 Å². The number of hydrogen-bond acceptors (Lipinski definition) is 6. The third kappa shape index (κ3) is 6.82. The van der Waals surface area contributed by atoms with Crippen molar-refractivity contribution < 1.29 is 23.1 Å². The Bertz CT molecular complexity index is 1300. The summed E-state index contributed by atoms with van der Waals surface area (Å²) < 4.78 is 32.9. The minimum atomic E-state index is -3.77. The summed E-state index contributed by atoms with van der Waals surface area (Å²) in [6.07, 6.45) is 4.40. The molecule has 0 radical (unpaired) electrons. The lowest BCUT2D eigenvalue weighted by Crippen LogP contribution is -2.27. The van der Waals surface area contributed by atoms with Crippen molar-refractivity contribution in [3.05, 3.63) is 77.5 Å². The maximum absolute atomic E-state index is 12.6. The van der Waals surface area contributed by atoms with Gasteiger partial charge in [0.2, 0.25) is 0 Å². The fourth-order valence-corrected chi connectivity index (χ4v) is 3.95. The highest BCUT2D eigenvalue weighted by atomic mass is 32.2. The van der Waals surface area contributed by atoms with Gasteiger partial charge in [0, 0.05) is 12.3 Å². The second-order valence-electron chi connectivity index (χ2n) is 8.58. The standard InChI is InChI=1S/C25H27N3O5S/c1-17-15-19(21(16-22(17)29)27-24(30)33-25(2,3)4)11-8-18-9-12-20(13-10-18)34(31,32)28-23-7-5-6-14-26-23/h5-16,29H,1-4H3,(H,26,28)(H,27,30)/b11-8+. The molecule has 2 aromatic carbocycles. The van der Waals surface area contributed by atoms with Crippen molar-refractivity contribution in [2.45, 2.75) is 38.2 Å². The highest BCUT2D eigenvalue weighted by Crippen LogP contribution is 2.28. The number of carbonyl (C=O) groups is 1. The van der Waals surface area contributed by atoms with Crippen LogP contribution in [0.1, 0.15) is 37.5 Å². The minimum absolute atomic E-state index is 0.0400. The molecule has 3 aromatic rings. The van der Waals surface area contributed by atoms with Gasteiger partial charge in [-0.1, -0.05) is 30.4 Å². The number of amides is 1. The van der Waals surface area contributed by atoms with Crippen molar-refractivity contribution in [1.82, 2.24) is 4.98 Å². The lowest BCUT2D eigenvalue weighted by atomic mass is 10.1. The van der Waals surface area contributed by atoms with Crippen LogP contribution in [0.5, 0.6) is 5.75 Å². The molecule has 1 aromatic heterocycles. The van der Waals surface area contributed by atoms with E-state index in [-0.39, 0.29) is 16.5 Å². The van der Waals surface area contributed by atoms with E-state index in [9.17, 15) is 18.3 Å². The molecule has 0 bridgehead atoms. The maximum atomic E-state index is 12.6. The van der Waals surface area contributed by atoms with Crippen LogP contribution in [0.15, 0.2) is 65.7 Å². The van der Waals surface area contributed by atoms with Gasteiger partial charge in [-0.05, 0) is 74.7 Å². The van der Waals surface area contributed by atoms with Gasteiger partial charge in [-0.2, -0.15) is 0 Å². The molecule has 178 valence electrons. The first-order valence-electron chi connectivity index (χ1n) is 10.5. The minimum Gasteiger partial charge on any atom is -0.508 e. The van der Waals surface area contributed by atoms with E-state index in [1.807, 2.05) is 0 Å². The predicted molar refractivity (Wildman–Crippen MR) is 133 cm³/mol. The van der Waals surface area contributed by atoms with Crippen molar-refractivity contribution in [1.29, 1.82) is 0 Å². The number of aryl methyl sites for hydroxylation is 1. The van der Waals surface area contributed by atoms with E-state index >= 15 is 0 Å². The molecule has 0 aliphatic heterocycles. The number of aromatic hydroxyl groups is 1. The summed E-state index contributed by atoms with van der Waals surface area (Å²) in [6, 6.07) is 14.5. The molecule has 0 saturated carbocycles. The molecule has 34 heavy (non-hydrogen) atoms. The zero-order valence-corrected chi connectivity index (χ0v) is 20.2. The second-order valence-corrected chi connectivity index (χ2v) is 10.3. The lowest BCUT2D eigenvalue weighted by Gasteiger charge is -2.20. The van der Waals surface area contributed by atoms with Gasteiger partial charge in [-0.15, -0.1) is 0 Å². The van der Waals surface area contributed by atoms with Crippen molar-refractivity contribution >= 4 is 39.8 Å². The molecule has 0 atom stereocenters. The quantitative estimate of drug-likeness (QED) is 0.405. The molecule has 0 fully saturated rings. The van der Waals surface area contributed by atoms with Gasteiger partial charge in [0.05, 0.1) is 10.6 Å². The van der Waals surface area contributed by atoms with Crippen LogP contribution < -0.4 is 10.0 Å². The Kier molecular flexibility index (Phi) is 7.26. The summed E-state index contributed by atoms with van der Waals surface area (Å²) in [6.45, 7) is 7.03. The first kappa shape index (κ1) is 24.8. The molecule has 9 heteroatoms. The summed E-state index contributed by atoms with van der Waals surface area (Å²) in [7, 11) is -3.77. The molecule has 3 rings (SSSR count). The molecule has 0 aliphatic rings. The van der Waals surface area contributed by atoms with Gasteiger partial charge in [-0.25, -0.2) is 18.2 Å². The number of ether oxygens (including phenoxy) is 1. The number of hydrogen-bond donors (Lipinski definition) is 3. The van der Waals surface area contributed by atoms with Crippen LogP contribution in [-0.4, -0.2) is 30.2 Å². The van der Waals surface area contributed by atoms with E-state index < -0.39 is 21.7 Å². The first-order chi connectivity index (χ1) is 15.9. The molecule has 0 unspecified atom stereocenters. The van der Waals surface area contributed by atoms with Gasteiger partial charge in [0.1, 0.15) is 17.2 Å². The lowest BCUT2D eigenvalue weighted by molar-refractivity contribution is 0.0636. The monoisotopic (exact) mass is 481 g/mol. The maximum Gasteiger partial charge on any atom is 0.412 e. The molecular formula is C25H27N3O5S. The normalized spacial score (nSPS) is 11.9. The number of sulfonamides is 1. The van der Waals surface area contributed by atoms with Gasteiger partial charge in [0.25, 0.3) is 10.0 Å². The highest BCUT2D eigenvalue weighted by molar-refractivity contribution is 7.92. The number of anilines is 2. The molecule has 8 nitrogen and oxygen atoms in total. The van der Waals surface area contributed by atoms with Gasteiger partial charge in [0.15, 0.2) is 0 Å². The van der Waals surface area contributed by atoms with E-state index in [2.05, 4.69) is 15.0 Å². The number of carbonyl (C=O) groups excluding carboxylic acids is 1. The average Bonchev–Trinajstić information content (AvgIpc) is 2.74. The predicted octanol–water partition coefficient (Wildman–Crippen LogP) is 5.41. The van der Waals surface area contributed by atoms with E-state index in [1.165, 1.54) is 24.4 Å². The van der Waals surface area contributed by atoms with Crippen molar-refractivity contribution in [2.75, 3.05) is 10.0 Å². The second kappa shape index (κ2) is 9.96. The molecule has 1 heterocycles. The molecular weight excluding hydrogens is 454 g/mol. The Balaban J connectivity index is 1.80. The largest absolute Gasteiger partial charge is 0.508 e. The van der Waals surface area contributed by atoms with E-state index in [1.54, 1.807) is 76.2 Å². The van der Waals surface area contributed by atoms with Crippen LogP contribution in [0.3, 0.4) is 0 Å². The topological polar surface area (TPSA) is 118 Å². The van der Waals surface area contributed by atoms with Crippen LogP contribution >= 0.6 is 0 Å². The molecule has 0 saturated heterocycles. The summed E-state index contributed by atoms with van der Waals surface area (Å²) in [5, 5.41) is 12.7. The number of aromatic nitrogens is 1. The van der Waals surface area contributed by atoms with Crippen molar-refractivity contribution in [3.63, 3.8) is 0 Å². The summed E-state index contributed by atoms with van der Waals surface area (Å²) in [5.74, 6) is 0.275. The Morgan fingerprint density at radius 3 is 2.38 bits per heavy atom. The fourth-order valence-electron chi connectivity index (χ4n) is 2.94. The zero-order valence-electron chi connectivity index (χ0n) is 19.4. The number of nitrogens with one attached hydrogen (secondary N) is 2. The summed E-state index contributed by atoms with van der Waals surface area (Å²) in [5.41, 5.74) is 1.74. The Hall–Kier alpha value is -3.85. The Labute approximate surface area is 199 Å². The number of rotatable bonds is 6. The van der Waals surface area contributed by atoms with E-state index in [0.29, 0.717) is 16.8 Å². The van der Waals surface area contributed by atoms with Gasteiger partial charge < -0.3 is 9.84 Å². The average molecular weight is 482 g/mol. The number of pyridine rings is 1. The molecule has 0 spiro atoms. The number of benzene rings is 2. The van der Waals surface area contributed by atoms with E-state index in [0.717, 1.165) is 5.56 Å². The fraction of sp³-hybridized carbons (Fsp3) is 0.200. The van der Waals surface area contributed by atoms with Gasteiger partial charge >= 0.3 is 6.09 Å². The Morgan fingerprint density at radius 1 is 1.06 bits per heavy atom. The van der Waals surface area contributed by atoms with Crippen LogP contribution in [0.25, 0.3) is 12.2 Å². The first-order valence-corrected chi connectivity index (χ1v) is 12.0. The molecule has 0 aliphatic carbocycles. The smallest absolute Gasteiger partial charge is 0.412 e. The molecule has 1 amide bonds. The van der Waals surface area contributed by atoms with Crippen molar-refractivity contribution in [3.8, 4) is 5.75 Å². The Morgan fingerprint density at radius 2 is 1.76 bits per heavy atom. The number of phenolic OH excluding ortho intramolecular Hbond substituents is 1. The van der Waals surface area contributed by atoms with Crippen LogP contribution in [0, 0.1) is 6.92 Å². The molecule has 3 N–H and O–H groups in total. The summed E-state index contributed by atoms with van der Waals surface area (Å²) >= 11 is 0. The van der Waals surface area contributed by atoms with Crippen LogP contribution in [0.2, 0.25) is 0 Å². The van der Waals surface area contributed by atoms with Crippen LogP contribution in [-0.2, 0) is 14.8 Å². The zero-order chi connectivity index (χ0) is 24.9. The summed E-state index contributed by atoms with van der Waals surface area (Å²) in [4.78, 5) is 16.3. The SMILES string of the molecule is Cc1cc(/C=C/c2ccc(S(=O)(=O)Nc3ccccn3)cc2)c(NC(=O)OC(C)(C)C)cc1O. The third-order valence-electron chi connectivity index (χ3n) is 4.55.